The Kier molecular flexibility index (Phi) is 6.93. The monoisotopic (exact) mass is 475 g/mol. The van der Waals surface area contributed by atoms with Crippen LogP contribution >= 0.6 is 0 Å². The highest BCUT2D eigenvalue weighted by Gasteiger charge is 2.48. The van der Waals surface area contributed by atoms with Crippen molar-refractivity contribution in [1.29, 1.82) is 0 Å². The molecule has 0 unspecified atom stereocenters. The third-order valence-electron chi connectivity index (χ3n) is 7.55. The minimum atomic E-state index is -0.683. The Morgan fingerprint density at radius 2 is 1.85 bits per heavy atom. The van der Waals surface area contributed by atoms with Crippen LogP contribution < -0.4 is 16.0 Å². The Hall–Kier alpha value is -2.19. The molecule has 2 aliphatic heterocycles. The standard InChI is InChI=1S/C26H38FN3O4/c1-16-5-7-17(8-6-16)22(28)23(31)29-18-13-19(27)21-20(14-18)30(24(32)34-25(2,3)4)15-26(21)9-11-33-12-10-26/h13-14,16-17,22H,5-12,15,28H2,1-4H3,(H,29,31)/t16-,17-,22-/m0/s1. The largest absolute Gasteiger partial charge is 0.443 e. The summed E-state index contributed by atoms with van der Waals surface area (Å²) in [4.78, 5) is 27.5. The van der Waals surface area contributed by atoms with Gasteiger partial charge in [0.05, 0.1) is 11.7 Å². The average molecular weight is 476 g/mol. The number of benzene rings is 1. The molecule has 1 atom stereocenters. The van der Waals surface area contributed by atoms with Gasteiger partial charge in [-0.05, 0) is 70.4 Å². The summed E-state index contributed by atoms with van der Waals surface area (Å²) in [6, 6.07) is 2.38. The highest BCUT2D eigenvalue weighted by atomic mass is 19.1. The van der Waals surface area contributed by atoms with E-state index < -0.39 is 29.0 Å². The van der Waals surface area contributed by atoms with Gasteiger partial charge >= 0.3 is 6.09 Å². The van der Waals surface area contributed by atoms with Crippen molar-refractivity contribution in [2.45, 2.75) is 83.3 Å². The SMILES string of the molecule is CC(C)(C)OC(=O)N1CC2(CCOCC2)c2c(F)cc(NC(=O)[C@@H](N)[C@H]3CC[C@H](C)CC3)cc21. The summed E-state index contributed by atoms with van der Waals surface area (Å²) in [6.07, 6.45) is 4.69. The van der Waals surface area contributed by atoms with Gasteiger partial charge < -0.3 is 20.5 Å². The van der Waals surface area contributed by atoms with Crippen molar-refractivity contribution < 1.29 is 23.5 Å². The zero-order valence-corrected chi connectivity index (χ0v) is 20.8. The van der Waals surface area contributed by atoms with E-state index in [1.807, 2.05) is 0 Å². The molecule has 0 aromatic heterocycles. The molecule has 0 bridgehead atoms. The predicted molar refractivity (Wildman–Crippen MR) is 129 cm³/mol. The van der Waals surface area contributed by atoms with Crippen LogP contribution in [-0.2, 0) is 19.7 Å². The maximum absolute atomic E-state index is 15.6. The summed E-state index contributed by atoms with van der Waals surface area (Å²) >= 11 is 0. The number of nitrogens with zero attached hydrogens (tertiary/aromatic N) is 1. The molecule has 2 fully saturated rings. The highest BCUT2D eigenvalue weighted by molar-refractivity contribution is 5.97. The van der Waals surface area contributed by atoms with E-state index in [1.165, 1.54) is 11.0 Å². The fraction of sp³-hybridized carbons (Fsp3) is 0.692. The molecule has 1 saturated carbocycles. The molecule has 34 heavy (non-hydrogen) atoms. The number of hydrogen-bond donors (Lipinski definition) is 2. The number of carbonyl (C=O) groups excluding carboxylic acids is 2. The quantitative estimate of drug-likeness (QED) is 0.660. The first kappa shape index (κ1) is 24.9. The lowest BCUT2D eigenvalue weighted by molar-refractivity contribution is -0.118. The van der Waals surface area contributed by atoms with Crippen molar-refractivity contribution in [2.24, 2.45) is 17.6 Å². The van der Waals surface area contributed by atoms with Crippen LogP contribution in [0.15, 0.2) is 12.1 Å². The number of nitrogens with one attached hydrogen (secondary N) is 1. The van der Waals surface area contributed by atoms with E-state index in [9.17, 15) is 9.59 Å². The van der Waals surface area contributed by atoms with Crippen molar-refractivity contribution >= 4 is 23.4 Å². The zero-order valence-electron chi connectivity index (χ0n) is 20.8. The van der Waals surface area contributed by atoms with E-state index in [0.29, 0.717) is 55.5 Å². The topological polar surface area (TPSA) is 93.9 Å². The molecule has 2 amide bonds. The molecule has 188 valence electrons. The first-order valence-corrected chi connectivity index (χ1v) is 12.5. The van der Waals surface area contributed by atoms with Crippen LogP contribution in [0.3, 0.4) is 0 Å². The van der Waals surface area contributed by atoms with Crippen molar-refractivity contribution in [3.63, 3.8) is 0 Å². The molecule has 3 aliphatic rings. The number of halogens is 1. The van der Waals surface area contributed by atoms with Crippen LogP contribution in [0.25, 0.3) is 0 Å². The van der Waals surface area contributed by atoms with Crippen molar-refractivity contribution in [3.05, 3.63) is 23.5 Å². The molecule has 8 heteroatoms. The molecule has 7 nitrogen and oxygen atoms in total. The maximum atomic E-state index is 15.6. The van der Waals surface area contributed by atoms with Crippen molar-refractivity contribution in [3.8, 4) is 0 Å². The van der Waals surface area contributed by atoms with Gasteiger partial charge in [-0.3, -0.25) is 9.69 Å². The van der Waals surface area contributed by atoms with Crippen LogP contribution in [0.4, 0.5) is 20.6 Å². The zero-order chi connectivity index (χ0) is 24.7. The molecule has 0 radical (unpaired) electrons. The minimum Gasteiger partial charge on any atom is -0.443 e. The van der Waals surface area contributed by atoms with Gasteiger partial charge in [0.15, 0.2) is 0 Å². The molecule has 1 aromatic carbocycles. The van der Waals surface area contributed by atoms with Crippen molar-refractivity contribution in [2.75, 3.05) is 30.0 Å². The number of nitrogens with two attached hydrogens (primary N) is 1. The van der Waals surface area contributed by atoms with Gasteiger partial charge in [-0.2, -0.15) is 0 Å². The van der Waals surface area contributed by atoms with Crippen LogP contribution in [0.1, 0.15) is 71.8 Å². The summed E-state index contributed by atoms with van der Waals surface area (Å²) in [7, 11) is 0. The average Bonchev–Trinajstić information content (AvgIpc) is 3.07. The van der Waals surface area contributed by atoms with Crippen LogP contribution in [-0.4, -0.2) is 43.4 Å². The molecule has 2 heterocycles. The summed E-state index contributed by atoms with van der Waals surface area (Å²) in [5.41, 5.74) is 6.34. The second-order valence-corrected chi connectivity index (χ2v) is 11.3. The number of fused-ring (bicyclic) bond motifs is 2. The molecular weight excluding hydrogens is 437 g/mol. The van der Waals surface area contributed by atoms with Gasteiger partial charge in [-0.15, -0.1) is 0 Å². The Morgan fingerprint density at radius 3 is 2.47 bits per heavy atom. The lowest BCUT2D eigenvalue weighted by Crippen LogP contribution is -2.43. The van der Waals surface area contributed by atoms with E-state index in [-0.39, 0.29) is 11.8 Å². The van der Waals surface area contributed by atoms with Crippen molar-refractivity contribution in [1.82, 2.24) is 0 Å². The minimum absolute atomic E-state index is 0.124. The van der Waals surface area contributed by atoms with E-state index in [0.717, 1.165) is 25.7 Å². The lowest BCUT2D eigenvalue weighted by Gasteiger charge is -2.34. The van der Waals surface area contributed by atoms with Crippen LogP contribution in [0.2, 0.25) is 0 Å². The maximum Gasteiger partial charge on any atom is 0.414 e. The first-order chi connectivity index (χ1) is 16.0. The highest BCUT2D eigenvalue weighted by Crippen LogP contribution is 2.49. The smallest absolute Gasteiger partial charge is 0.414 e. The Morgan fingerprint density at radius 1 is 1.21 bits per heavy atom. The summed E-state index contributed by atoms with van der Waals surface area (Å²) in [6.45, 7) is 8.97. The number of amides is 2. The van der Waals surface area contributed by atoms with Gasteiger partial charge in [0, 0.05) is 36.4 Å². The van der Waals surface area contributed by atoms with Crippen LogP contribution in [0, 0.1) is 17.7 Å². The van der Waals surface area contributed by atoms with E-state index >= 15 is 4.39 Å². The Labute approximate surface area is 201 Å². The molecule has 1 saturated heterocycles. The summed E-state index contributed by atoms with van der Waals surface area (Å²) in [5.74, 6) is 0.0372. The number of anilines is 2. The second-order valence-electron chi connectivity index (χ2n) is 11.3. The summed E-state index contributed by atoms with van der Waals surface area (Å²) < 4.78 is 26.8. The second kappa shape index (κ2) is 9.46. The third-order valence-corrected chi connectivity index (χ3v) is 7.55. The van der Waals surface area contributed by atoms with E-state index in [4.69, 9.17) is 15.2 Å². The third kappa shape index (κ3) is 5.08. The Balaban J connectivity index is 1.60. The fourth-order valence-electron chi connectivity index (χ4n) is 5.60. The molecule has 1 aromatic rings. The molecular formula is C26H38FN3O4. The first-order valence-electron chi connectivity index (χ1n) is 12.5. The van der Waals surface area contributed by atoms with Gasteiger partial charge in [-0.25, -0.2) is 9.18 Å². The lowest BCUT2D eigenvalue weighted by atomic mass is 9.75. The van der Waals surface area contributed by atoms with E-state index in [2.05, 4.69) is 12.2 Å². The van der Waals surface area contributed by atoms with Gasteiger partial charge in [0.2, 0.25) is 5.91 Å². The summed E-state index contributed by atoms with van der Waals surface area (Å²) in [5, 5.41) is 2.81. The predicted octanol–water partition coefficient (Wildman–Crippen LogP) is 4.72. The van der Waals surface area contributed by atoms with E-state index in [1.54, 1.807) is 26.8 Å². The normalized spacial score (nSPS) is 25.1. The number of hydrogen-bond acceptors (Lipinski definition) is 5. The number of ether oxygens (including phenoxy) is 2. The van der Waals surface area contributed by atoms with Gasteiger partial charge in [0.25, 0.3) is 0 Å². The molecule has 3 N–H and O–H groups in total. The van der Waals surface area contributed by atoms with Gasteiger partial charge in [0.1, 0.15) is 11.4 Å². The van der Waals surface area contributed by atoms with Crippen LogP contribution in [0.5, 0.6) is 0 Å². The number of carbonyl (C=O) groups is 2. The molecule has 1 aliphatic carbocycles. The Bertz CT molecular complexity index is 931. The molecule has 1 spiro atoms. The molecule has 4 rings (SSSR count). The number of rotatable bonds is 3. The fourth-order valence-corrected chi connectivity index (χ4v) is 5.60. The van der Waals surface area contributed by atoms with Gasteiger partial charge in [-0.1, -0.05) is 19.8 Å².